The van der Waals surface area contributed by atoms with E-state index < -0.39 is 0 Å². The van der Waals surface area contributed by atoms with Gasteiger partial charge in [-0.1, -0.05) is 60.7 Å². The van der Waals surface area contributed by atoms with Crippen molar-refractivity contribution in [3.63, 3.8) is 0 Å². The molecule has 3 aromatic rings. The fourth-order valence-corrected chi connectivity index (χ4v) is 4.03. The van der Waals surface area contributed by atoms with Crippen LogP contribution in [-0.2, 0) is 11.3 Å². The summed E-state index contributed by atoms with van der Waals surface area (Å²) in [7, 11) is 0. The maximum Gasteiger partial charge on any atom is 0.250 e. The summed E-state index contributed by atoms with van der Waals surface area (Å²) in [5.41, 5.74) is 4.36. The molecular formula is C27H28N4OS. The van der Waals surface area contributed by atoms with Crippen molar-refractivity contribution in [1.29, 1.82) is 0 Å². The predicted molar refractivity (Wildman–Crippen MR) is 140 cm³/mol. The summed E-state index contributed by atoms with van der Waals surface area (Å²) in [5.74, 6) is -0.263. The van der Waals surface area contributed by atoms with E-state index in [2.05, 4.69) is 62.9 Å². The number of amides is 1. The predicted octanol–water partition coefficient (Wildman–Crippen LogP) is 4.54. The first-order valence-corrected chi connectivity index (χ1v) is 11.5. The zero-order chi connectivity index (χ0) is 22.9. The van der Waals surface area contributed by atoms with E-state index in [0.717, 1.165) is 44.0 Å². The van der Waals surface area contributed by atoms with Crippen LogP contribution in [0.2, 0.25) is 0 Å². The number of nitrogens with zero attached hydrogens (tertiary/aromatic N) is 2. The van der Waals surface area contributed by atoms with Crippen LogP contribution in [0.1, 0.15) is 11.1 Å². The summed E-state index contributed by atoms with van der Waals surface area (Å²) < 4.78 is 0. The van der Waals surface area contributed by atoms with Crippen molar-refractivity contribution in [3.05, 3.63) is 102 Å². The van der Waals surface area contributed by atoms with Crippen LogP contribution >= 0.6 is 12.2 Å². The number of piperazine rings is 1. The minimum Gasteiger partial charge on any atom is -0.369 e. The number of nitrogens with one attached hydrogen (secondary N) is 2. The van der Waals surface area contributed by atoms with Crippen LogP contribution in [0.5, 0.6) is 0 Å². The Kier molecular flexibility index (Phi) is 7.85. The number of benzene rings is 3. The molecule has 0 unspecified atom stereocenters. The highest BCUT2D eigenvalue weighted by Crippen LogP contribution is 2.20. The third-order valence-electron chi connectivity index (χ3n) is 5.58. The van der Waals surface area contributed by atoms with Crippen LogP contribution in [0.3, 0.4) is 0 Å². The van der Waals surface area contributed by atoms with Crippen molar-refractivity contribution >= 4 is 40.7 Å². The van der Waals surface area contributed by atoms with Gasteiger partial charge in [-0.2, -0.15) is 0 Å². The Balaban J connectivity index is 1.22. The Hall–Kier alpha value is -3.48. The highest BCUT2D eigenvalue weighted by molar-refractivity contribution is 7.80. The molecule has 6 heteroatoms. The molecule has 0 radical (unpaired) electrons. The lowest BCUT2D eigenvalue weighted by atomic mass is 10.2. The molecule has 1 saturated heterocycles. The molecule has 1 fully saturated rings. The maximum atomic E-state index is 12.1. The van der Waals surface area contributed by atoms with Crippen LogP contribution in [0.4, 0.5) is 11.4 Å². The molecule has 0 spiro atoms. The molecule has 0 saturated carbocycles. The number of thiocarbonyl (C=S) groups is 1. The van der Waals surface area contributed by atoms with Crippen LogP contribution < -0.4 is 15.5 Å². The number of hydrogen-bond acceptors (Lipinski definition) is 4. The Labute approximate surface area is 200 Å². The number of carbonyl (C=O) groups is 1. The van der Waals surface area contributed by atoms with Gasteiger partial charge in [0.25, 0.3) is 0 Å². The molecule has 2 N–H and O–H groups in total. The molecule has 1 aliphatic heterocycles. The lowest BCUT2D eigenvalue weighted by Crippen LogP contribution is -2.45. The van der Waals surface area contributed by atoms with E-state index in [1.807, 2.05) is 42.5 Å². The van der Waals surface area contributed by atoms with Gasteiger partial charge in [0.1, 0.15) is 0 Å². The molecule has 0 aliphatic carbocycles. The Bertz CT molecular complexity index is 1080. The van der Waals surface area contributed by atoms with Crippen molar-refractivity contribution in [1.82, 2.24) is 10.2 Å². The minimum absolute atomic E-state index is 0.263. The van der Waals surface area contributed by atoms with Gasteiger partial charge in [-0.3, -0.25) is 15.0 Å². The molecule has 3 aromatic carbocycles. The molecule has 1 aliphatic rings. The monoisotopic (exact) mass is 456 g/mol. The van der Waals surface area contributed by atoms with E-state index in [1.165, 1.54) is 17.3 Å². The second kappa shape index (κ2) is 11.4. The van der Waals surface area contributed by atoms with E-state index >= 15 is 0 Å². The van der Waals surface area contributed by atoms with Gasteiger partial charge in [0.2, 0.25) is 5.91 Å². The molecule has 0 atom stereocenters. The molecule has 0 bridgehead atoms. The van der Waals surface area contributed by atoms with Gasteiger partial charge in [-0.25, -0.2) is 0 Å². The third-order valence-corrected chi connectivity index (χ3v) is 5.78. The van der Waals surface area contributed by atoms with Gasteiger partial charge >= 0.3 is 0 Å². The summed E-state index contributed by atoms with van der Waals surface area (Å²) in [5, 5.41) is 6.03. The minimum atomic E-state index is -0.263. The summed E-state index contributed by atoms with van der Waals surface area (Å²) in [6.45, 7) is 5.09. The molecule has 0 aromatic heterocycles. The number of rotatable bonds is 6. The summed E-state index contributed by atoms with van der Waals surface area (Å²) in [4.78, 5) is 17.0. The fraction of sp³-hybridized carbons (Fsp3) is 0.185. The van der Waals surface area contributed by atoms with Gasteiger partial charge in [-0.05, 0) is 53.7 Å². The number of carbonyl (C=O) groups excluding carboxylic acids is 1. The second-order valence-electron chi connectivity index (χ2n) is 7.98. The first-order valence-electron chi connectivity index (χ1n) is 11.1. The van der Waals surface area contributed by atoms with Crippen LogP contribution in [0, 0.1) is 0 Å². The van der Waals surface area contributed by atoms with Crippen molar-refractivity contribution in [2.75, 3.05) is 36.4 Å². The average Bonchev–Trinajstić information content (AvgIpc) is 2.85. The standard InChI is InChI=1S/C27H28N4OS/c32-26(16-11-22-7-3-1-4-8-22)29-27(33)28-24-12-14-25(15-13-24)31-19-17-30(18-20-31)21-23-9-5-2-6-10-23/h1-16H,17-21H2,(H2,28,29,32,33). The van der Waals surface area contributed by atoms with Gasteiger partial charge in [-0.15, -0.1) is 0 Å². The normalized spacial score (nSPS) is 14.2. The lowest BCUT2D eigenvalue weighted by molar-refractivity contribution is -0.115. The van der Waals surface area contributed by atoms with E-state index in [9.17, 15) is 4.79 Å². The third kappa shape index (κ3) is 7.00. The lowest BCUT2D eigenvalue weighted by Gasteiger charge is -2.36. The van der Waals surface area contributed by atoms with Gasteiger partial charge < -0.3 is 10.2 Å². The van der Waals surface area contributed by atoms with E-state index in [4.69, 9.17) is 12.2 Å². The smallest absolute Gasteiger partial charge is 0.250 e. The molecular weight excluding hydrogens is 428 g/mol. The Morgan fingerprint density at radius 3 is 2.15 bits per heavy atom. The molecule has 1 heterocycles. The molecule has 33 heavy (non-hydrogen) atoms. The zero-order valence-corrected chi connectivity index (χ0v) is 19.3. The van der Waals surface area contributed by atoms with Crippen molar-refractivity contribution < 1.29 is 4.79 Å². The maximum absolute atomic E-state index is 12.1. The molecule has 168 valence electrons. The highest BCUT2D eigenvalue weighted by Gasteiger charge is 2.17. The van der Waals surface area contributed by atoms with Crippen molar-refractivity contribution in [2.45, 2.75) is 6.54 Å². The SMILES string of the molecule is O=C(C=Cc1ccccc1)NC(=S)Nc1ccc(N2CCN(Cc3ccccc3)CC2)cc1. The topological polar surface area (TPSA) is 47.6 Å². The van der Waals surface area contributed by atoms with Crippen LogP contribution in [0.25, 0.3) is 6.08 Å². The molecule has 5 nitrogen and oxygen atoms in total. The number of hydrogen-bond donors (Lipinski definition) is 2. The first kappa shape index (κ1) is 22.7. The van der Waals surface area contributed by atoms with Crippen LogP contribution in [-0.4, -0.2) is 42.1 Å². The summed E-state index contributed by atoms with van der Waals surface area (Å²) in [6.07, 6.45) is 3.23. The van der Waals surface area contributed by atoms with Gasteiger partial charge in [0, 0.05) is 50.2 Å². The molecule has 4 rings (SSSR count). The zero-order valence-electron chi connectivity index (χ0n) is 18.5. The van der Waals surface area contributed by atoms with E-state index in [0.29, 0.717) is 0 Å². The van der Waals surface area contributed by atoms with Gasteiger partial charge in [0.15, 0.2) is 5.11 Å². The van der Waals surface area contributed by atoms with E-state index in [-0.39, 0.29) is 11.0 Å². The second-order valence-corrected chi connectivity index (χ2v) is 8.39. The quantitative estimate of drug-likeness (QED) is 0.421. The summed E-state index contributed by atoms with van der Waals surface area (Å²) >= 11 is 5.27. The Morgan fingerprint density at radius 2 is 1.48 bits per heavy atom. The Morgan fingerprint density at radius 1 is 0.848 bits per heavy atom. The van der Waals surface area contributed by atoms with Gasteiger partial charge in [0.05, 0.1) is 0 Å². The summed E-state index contributed by atoms with van der Waals surface area (Å²) in [6, 6.07) is 28.5. The first-order chi connectivity index (χ1) is 16.2. The average molecular weight is 457 g/mol. The van der Waals surface area contributed by atoms with E-state index in [1.54, 1.807) is 6.08 Å². The largest absolute Gasteiger partial charge is 0.369 e. The van der Waals surface area contributed by atoms with Crippen molar-refractivity contribution in [3.8, 4) is 0 Å². The van der Waals surface area contributed by atoms with Crippen LogP contribution in [0.15, 0.2) is 91.0 Å². The van der Waals surface area contributed by atoms with Crippen molar-refractivity contribution in [2.24, 2.45) is 0 Å². The number of anilines is 2. The highest BCUT2D eigenvalue weighted by atomic mass is 32.1. The fourth-order valence-electron chi connectivity index (χ4n) is 3.81. The molecule has 1 amide bonds.